The van der Waals surface area contributed by atoms with E-state index < -0.39 is 15.6 Å². The molecule has 3 aliphatic rings. The third kappa shape index (κ3) is 4.50. The molecule has 2 aromatic carbocycles. The highest BCUT2D eigenvalue weighted by Crippen LogP contribution is 2.45. The summed E-state index contributed by atoms with van der Waals surface area (Å²) in [5.41, 5.74) is -0.0989. The van der Waals surface area contributed by atoms with Crippen molar-refractivity contribution in [3.63, 3.8) is 0 Å². The molecule has 1 unspecified atom stereocenters. The lowest BCUT2D eigenvalue weighted by molar-refractivity contribution is -0.124. The summed E-state index contributed by atoms with van der Waals surface area (Å²) in [7, 11) is -4.09. The van der Waals surface area contributed by atoms with E-state index in [1.165, 1.54) is 20.0 Å². The Morgan fingerprint density at radius 3 is 2.50 bits per heavy atom. The van der Waals surface area contributed by atoms with Crippen LogP contribution in [0.25, 0.3) is 0 Å². The molecule has 1 aromatic heterocycles. The highest BCUT2D eigenvalue weighted by Gasteiger charge is 2.53. The Bertz CT molecular complexity index is 1610. The first-order chi connectivity index (χ1) is 19.0. The van der Waals surface area contributed by atoms with Crippen molar-refractivity contribution in [1.82, 2.24) is 24.1 Å². The number of urea groups is 1. The minimum Gasteiger partial charge on any atom is -0.338 e. The van der Waals surface area contributed by atoms with Crippen molar-refractivity contribution in [2.75, 3.05) is 31.1 Å². The highest BCUT2D eigenvalue weighted by atomic mass is 79.9. The minimum absolute atomic E-state index is 0.0835. The number of benzene rings is 2. The molecule has 0 radical (unpaired) electrons. The molecule has 10 nitrogen and oxygen atoms in total. The van der Waals surface area contributed by atoms with E-state index in [4.69, 9.17) is 23.2 Å². The van der Waals surface area contributed by atoms with Gasteiger partial charge in [0.15, 0.2) is 5.03 Å². The second-order valence-corrected chi connectivity index (χ2v) is 14.0. The van der Waals surface area contributed by atoms with Crippen molar-refractivity contribution in [2.24, 2.45) is 0 Å². The van der Waals surface area contributed by atoms with Gasteiger partial charge in [-0.15, -0.1) is 0 Å². The highest BCUT2D eigenvalue weighted by molar-refractivity contribution is 9.10. The van der Waals surface area contributed by atoms with Crippen LogP contribution in [0.5, 0.6) is 0 Å². The SMILES string of the molecule is C[C@@]1(Cc2ccc(Br)cc2)C(=O)N(c2cc(Cl)cc(Cl)c2)c2ncc(S(=O)(=O)N3CCN4C(=O)NCCC4C3)n21. The summed E-state index contributed by atoms with van der Waals surface area (Å²) in [4.78, 5) is 34.0. The number of nitrogens with one attached hydrogen (secondary N) is 1. The first kappa shape index (κ1) is 27.5. The molecule has 2 fully saturated rings. The second kappa shape index (κ2) is 10.0. The Morgan fingerprint density at radius 2 is 1.80 bits per heavy atom. The van der Waals surface area contributed by atoms with Crippen LogP contribution in [0.15, 0.2) is 58.2 Å². The smallest absolute Gasteiger partial charge is 0.317 e. The van der Waals surface area contributed by atoms with E-state index in [9.17, 15) is 18.0 Å². The van der Waals surface area contributed by atoms with Crippen LogP contribution in [-0.4, -0.2) is 71.3 Å². The van der Waals surface area contributed by atoms with Gasteiger partial charge in [0.25, 0.3) is 15.9 Å². The van der Waals surface area contributed by atoms with Crippen LogP contribution in [-0.2, 0) is 26.8 Å². The first-order valence-corrected chi connectivity index (χ1v) is 15.7. The summed E-state index contributed by atoms with van der Waals surface area (Å²) >= 11 is 16.0. The van der Waals surface area contributed by atoms with E-state index in [-0.39, 0.29) is 55.0 Å². The lowest BCUT2D eigenvalue weighted by atomic mass is 9.92. The van der Waals surface area contributed by atoms with Crippen molar-refractivity contribution in [2.45, 2.75) is 36.4 Å². The van der Waals surface area contributed by atoms with Gasteiger partial charge in [0.1, 0.15) is 5.54 Å². The van der Waals surface area contributed by atoms with Crippen LogP contribution in [0, 0.1) is 0 Å². The van der Waals surface area contributed by atoms with Crippen molar-refractivity contribution in [3.8, 4) is 0 Å². The van der Waals surface area contributed by atoms with E-state index in [1.54, 1.807) is 30.0 Å². The lowest BCUT2D eigenvalue weighted by Gasteiger charge is -2.43. The largest absolute Gasteiger partial charge is 0.338 e. The van der Waals surface area contributed by atoms with Gasteiger partial charge in [-0.05, 0) is 49.2 Å². The van der Waals surface area contributed by atoms with Crippen LogP contribution in [0.1, 0.15) is 18.9 Å². The quantitative estimate of drug-likeness (QED) is 0.435. The van der Waals surface area contributed by atoms with Gasteiger partial charge in [0, 0.05) is 53.2 Å². The molecule has 3 aromatic rings. The van der Waals surface area contributed by atoms with Gasteiger partial charge in [0.05, 0.1) is 11.9 Å². The summed E-state index contributed by atoms with van der Waals surface area (Å²) in [5, 5.41) is 3.38. The fraction of sp³-hybridized carbons (Fsp3) is 0.346. The molecule has 2 saturated heterocycles. The molecule has 3 aliphatic heterocycles. The van der Waals surface area contributed by atoms with Crippen molar-refractivity contribution < 1.29 is 18.0 Å². The molecule has 0 spiro atoms. The average Bonchev–Trinajstić information content (AvgIpc) is 3.43. The summed E-state index contributed by atoms with van der Waals surface area (Å²) < 4.78 is 32.1. The summed E-state index contributed by atoms with van der Waals surface area (Å²) in [5.74, 6) is -0.195. The van der Waals surface area contributed by atoms with Crippen LogP contribution < -0.4 is 10.2 Å². The van der Waals surface area contributed by atoms with Crippen molar-refractivity contribution >= 4 is 72.7 Å². The number of piperazine rings is 1. The number of nitrogens with zero attached hydrogens (tertiary/aromatic N) is 5. The molecule has 1 N–H and O–H groups in total. The summed E-state index contributed by atoms with van der Waals surface area (Å²) in [6.07, 6.45) is 2.16. The maximum absolute atomic E-state index is 14.2. The molecule has 6 rings (SSSR count). The Balaban J connectivity index is 1.45. The summed E-state index contributed by atoms with van der Waals surface area (Å²) in [6.45, 7) is 2.79. The van der Waals surface area contributed by atoms with Crippen LogP contribution in [0.2, 0.25) is 10.0 Å². The molecule has 0 aliphatic carbocycles. The fourth-order valence-electron chi connectivity index (χ4n) is 5.75. The number of carbonyl (C=O) groups is 2. The van der Waals surface area contributed by atoms with E-state index in [1.807, 2.05) is 24.3 Å². The number of hydrogen-bond donors (Lipinski definition) is 1. The van der Waals surface area contributed by atoms with Crippen LogP contribution in [0.3, 0.4) is 0 Å². The standard InChI is InChI=1S/C26H25BrCl2N6O4S/c1-26(13-16-2-4-17(27)5-3-16)23(36)34(21-11-18(28)10-19(29)12-21)24-31-14-22(35(24)26)40(38,39)32-8-9-33-20(15-32)6-7-30-25(33)37/h2-5,10-12,14,20H,6-9,13,15H2,1H3,(H,30,37)/t20?,26-/m1/s1. The zero-order chi connectivity index (χ0) is 28.4. The van der Waals surface area contributed by atoms with Gasteiger partial charge in [-0.3, -0.25) is 9.36 Å². The number of hydrogen-bond acceptors (Lipinski definition) is 5. The zero-order valence-electron chi connectivity index (χ0n) is 21.3. The Morgan fingerprint density at radius 1 is 1.10 bits per heavy atom. The van der Waals surface area contributed by atoms with Crippen LogP contribution in [0.4, 0.5) is 16.4 Å². The van der Waals surface area contributed by atoms with Gasteiger partial charge in [-0.2, -0.15) is 4.31 Å². The van der Waals surface area contributed by atoms with E-state index in [0.717, 1.165) is 10.0 Å². The Labute approximate surface area is 250 Å². The minimum atomic E-state index is -4.09. The molecule has 40 heavy (non-hydrogen) atoms. The van der Waals surface area contributed by atoms with Gasteiger partial charge >= 0.3 is 6.03 Å². The maximum atomic E-state index is 14.2. The monoisotopic (exact) mass is 666 g/mol. The van der Waals surface area contributed by atoms with Crippen molar-refractivity contribution in [1.29, 1.82) is 0 Å². The average molecular weight is 668 g/mol. The number of aromatic nitrogens is 2. The summed E-state index contributed by atoms with van der Waals surface area (Å²) in [6, 6.07) is 11.9. The number of anilines is 2. The van der Waals surface area contributed by atoms with E-state index >= 15 is 0 Å². The number of fused-ring (bicyclic) bond motifs is 2. The number of rotatable bonds is 5. The predicted molar refractivity (Wildman–Crippen MR) is 155 cm³/mol. The third-order valence-electron chi connectivity index (χ3n) is 7.70. The Hall–Kier alpha value is -2.64. The molecular formula is C26H25BrCl2N6O4S. The molecular weight excluding hydrogens is 643 g/mol. The number of sulfonamides is 1. The third-order valence-corrected chi connectivity index (χ3v) is 10.5. The van der Waals surface area contributed by atoms with Gasteiger partial charge in [-0.1, -0.05) is 51.3 Å². The zero-order valence-corrected chi connectivity index (χ0v) is 25.3. The fourth-order valence-corrected chi connectivity index (χ4v) is 8.19. The molecule has 4 heterocycles. The van der Waals surface area contributed by atoms with E-state index in [0.29, 0.717) is 28.7 Å². The first-order valence-electron chi connectivity index (χ1n) is 12.7. The molecule has 0 saturated carbocycles. The normalized spacial score (nSPS) is 23.2. The predicted octanol–water partition coefficient (Wildman–Crippen LogP) is 4.38. The number of carbonyl (C=O) groups excluding carboxylic acids is 2. The second-order valence-electron chi connectivity index (χ2n) is 10.3. The number of imidazole rings is 1. The number of amides is 3. The molecule has 3 amide bonds. The Kier molecular flexibility index (Phi) is 6.89. The number of halogens is 3. The van der Waals surface area contributed by atoms with Crippen LogP contribution >= 0.6 is 39.1 Å². The molecule has 0 bridgehead atoms. The lowest BCUT2D eigenvalue weighted by Crippen LogP contribution is -2.62. The molecule has 2 atom stereocenters. The molecule has 14 heteroatoms. The molecule has 210 valence electrons. The van der Waals surface area contributed by atoms with Gasteiger partial charge < -0.3 is 10.2 Å². The van der Waals surface area contributed by atoms with E-state index in [2.05, 4.69) is 26.2 Å². The van der Waals surface area contributed by atoms with Gasteiger partial charge in [0.2, 0.25) is 5.95 Å². The van der Waals surface area contributed by atoms with Crippen molar-refractivity contribution in [3.05, 3.63) is 68.7 Å². The topological polar surface area (TPSA) is 108 Å². The van der Waals surface area contributed by atoms with Gasteiger partial charge in [-0.25, -0.2) is 23.1 Å². The maximum Gasteiger partial charge on any atom is 0.317 e.